The third-order valence-corrected chi connectivity index (χ3v) is 7.05. The van der Waals surface area contributed by atoms with Crippen molar-refractivity contribution in [2.75, 3.05) is 17.3 Å². The average molecular weight is 514 g/mol. The normalized spacial score (nSPS) is 18.7. The fourth-order valence-corrected chi connectivity index (χ4v) is 5.29. The van der Waals surface area contributed by atoms with E-state index in [-0.39, 0.29) is 30.4 Å². The molecule has 1 N–H and O–H groups in total. The molecule has 3 aromatic carbocycles. The molecule has 2 atom stereocenters. The number of nitrogens with zero attached hydrogens (tertiary/aromatic N) is 1. The number of allylic oxidation sites excluding steroid dienone is 1. The number of carbonyl (C=O) groups excluding carboxylic acids is 3. The molecule has 0 unspecified atom stereocenters. The standard InChI is InChI=1S/C30H27FN2O5/c1-38-22-11-9-18(10-12-22)30-29-24(16-20(17-26(29)34)19-5-4-6-21(31)15-19)32-23-7-2-3-8-25(23)33(30)27(35)13-14-28(36)37/h2-12,15,20,30,32H,13-14,16-17H2,1H3,(H,36,37)/p-1/t20-,30+/m1/s1. The van der Waals surface area contributed by atoms with Gasteiger partial charge in [-0.2, -0.15) is 0 Å². The van der Waals surface area contributed by atoms with Gasteiger partial charge < -0.3 is 20.0 Å². The summed E-state index contributed by atoms with van der Waals surface area (Å²) in [5, 5.41) is 14.6. The van der Waals surface area contributed by atoms with Crippen LogP contribution in [0.3, 0.4) is 0 Å². The molecule has 194 valence electrons. The first-order valence-corrected chi connectivity index (χ1v) is 12.4. The SMILES string of the molecule is COc1ccc([C@H]2C3=C(C[C@@H](c4cccc(F)c4)CC3=O)Nc3ccccc3N2C(=O)CCC(=O)[O-])cc1. The fourth-order valence-electron chi connectivity index (χ4n) is 5.29. The van der Waals surface area contributed by atoms with Gasteiger partial charge >= 0.3 is 0 Å². The maximum absolute atomic E-state index is 14.0. The Labute approximate surface area is 219 Å². The summed E-state index contributed by atoms with van der Waals surface area (Å²) in [6.07, 6.45) is -0.144. The van der Waals surface area contributed by atoms with Crippen molar-refractivity contribution in [3.8, 4) is 5.75 Å². The largest absolute Gasteiger partial charge is 0.550 e. The number of ketones is 1. The number of hydrogen-bond donors (Lipinski definition) is 1. The Balaban J connectivity index is 1.68. The number of fused-ring (bicyclic) bond motifs is 1. The number of benzene rings is 3. The van der Waals surface area contributed by atoms with E-state index in [1.807, 2.05) is 18.2 Å². The van der Waals surface area contributed by atoms with Crippen molar-refractivity contribution in [3.63, 3.8) is 0 Å². The number of carboxylic acid groups (broad SMARTS) is 1. The summed E-state index contributed by atoms with van der Waals surface area (Å²) in [5.74, 6) is -1.93. The van der Waals surface area contributed by atoms with E-state index in [9.17, 15) is 23.9 Å². The lowest BCUT2D eigenvalue weighted by Gasteiger charge is -2.35. The van der Waals surface area contributed by atoms with Crippen LogP contribution in [-0.4, -0.2) is 24.8 Å². The van der Waals surface area contributed by atoms with E-state index in [2.05, 4.69) is 5.32 Å². The summed E-state index contributed by atoms with van der Waals surface area (Å²) < 4.78 is 19.3. The molecule has 0 spiro atoms. The molecule has 38 heavy (non-hydrogen) atoms. The summed E-state index contributed by atoms with van der Waals surface area (Å²) in [4.78, 5) is 40.2. The monoisotopic (exact) mass is 513 g/mol. The van der Waals surface area contributed by atoms with Gasteiger partial charge in [-0.25, -0.2) is 4.39 Å². The van der Waals surface area contributed by atoms with Crippen LogP contribution in [0.1, 0.15) is 48.8 Å². The molecule has 1 amide bonds. The number of halogens is 1. The van der Waals surface area contributed by atoms with Crippen LogP contribution in [0.4, 0.5) is 15.8 Å². The summed E-state index contributed by atoms with van der Waals surface area (Å²) >= 11 is 0. The van der Waals surface area contributed by atoms with Crippen LogP contribution >= 0.6 is 0 Å². The molecular formula is C30H26FN2O5-. The number of amides is 1. The van der Waals surface area contributed by atoms with E-state index in [1.165, 1.54) is 17.0 Å². The molecule has 1 aliphatic carbocycles. The second kappa shape index (κ2) is 10.5. The number of anilines is 2. The Morgan fingerprint density at radius 1 is 1.00 bits per heavy atom. The van der Waals surface area contributed by atoms with Gasteiger partial charge in [-0.1, -0.05) is 36.4 Å². The highest BCUT2D eigenvalue weighted by Crippen LogP contribution is 2.47. The highest BCUT2D eigenvalue weighted by Gasteiger charge is 2.41. The zero-order chi connectivity index (χ0) is 26.8. The van der Waals surface area contributed by atoms with Gasteiger partial charge in [0, 0.05) is 30.1 Å². The predicted octanol–water partition coefficient (Wildman–Crippen LogP) is 4.27. The lowest BCUT2D eigenvalue weighted by molar-refractivity contribution is -0.305. The van der Waals surface area contributed by atoms with E-state index in [4.69, 9.17) is 4.74 Å². The van der Waals surface area contributed by atoms with Crippen molar-refractivity contribution in [1.29, 1.82) is 0 Å². The molecule has 0 fully saturated rings. The fraction of sp³-hybridized carbons (Fsp3) is 0.233. The molecule has 2 aliphatic rings. The number of rotatable bonds is 6. The van der Waals surface area contributed by atoms with Crippen molar-refractivity contribution >= 4 is 29.0 Å². The Hall–Kier alpha value is -4.46. The van der Waals surface area contributed by atoms with E-state index in [1.54, 1.807) is 49.6 Å². The molecule has 0 saturated carbocycles. The first-order chi connectivity index (χ1) is 18.4. The molecule has 0 radical (unpaired) electrons. The molecule has 5 rings (SSSR count). The lowest BCUT2D eigenvalue weighted by Crippen LogP contribution is -2.39. The second-order valence-corrected chi connectivity index (χ2v) is 9.43. The minimum absolute atomic E-state index is 0.147. The van der Waals surface area contributed by atoms with E-state index in [0.717, 1.165) is 5.56 Å². The topological polar surface area (TPSA) is 98.8 Å². The lowest BCUT2D eigenvalue weighted by atomic mass is 9.78. The molecule has 8 heteroatoms. The van der Waals surface area contributed by atoms with E-state index >= 15 is 0 Å². The van der Waals surface area contributed by atoms with Crippen molar-refractivity contribution in [1.82, 2.24) is 0 Å². The van der Waals surface area contributed by atoms with Crippen LogP contribution in [0.25, 0.3) is 0 Å². The number of aliphatic carboxylic acids is 1. The highest BCUT2D eigenvalue weighted by atomic mass is 19.1. The zero-order valence-electron chi connectivity index (χ0n) is 20.8. The first kappa shape index (κ1) is 25.2. The van der Waals surface area contributed by atoms with Gasteiger partial charge in [0.1, 0.15) is 11.6 Å². The van der Waals surface area contributed by atoms with E-state index in [0.29, 0.717) is 40.4 Å². The number of carbonyl (C=O) groups is 3. The maximum Gasteiger partial charge on any atom is 0.228 e. The minimum atomic E-state index is -1.33. The number of Topliss-reactive ketones (excluding diaryl/α,β-unsaturated/α-hetero) is 1. The van der Waals surface area contributed by atoms with Crippen LogP contribution in [0.5, 0.6) is 5.75 Å². The van der Waals surface area contributed by atoms with Gasteiger partial charge in [0.05, 0.1) is 24.5 Å². The van der Waals surface area contributed by atoms with Gasteiger partial charge in [-0.15, -0.1) is 0 Å². The van der Waals surface area contributed by atoms with Gasteiger partial charge in [-0.3, -0.25) is 14.5 Å². The summed E-state index contributed by atoms with van der Waals surface area (Å²) in [7, 11) is 1.55. The van der Waals surface area contributed by atoms with Gasteiger partial charge in [0.15, 0.2) is 5.78 Å². The molecule has 0 bridgehead atoms. The molecule has 0 aromatic heterocycles. The van der Waals surface area contributed by atoms with Crippen molar-refractivity contribution in [2.45, 2.75) is 37.6 Å². The number of hydrogen-bond acceptors (Lipinski definition) is 6. The van der Waals surface area contributed by atoms with Crippen LogP contribution in [0.15, 0.2) is 84.1 Å². The Kier molecular flexibility index (Phi) is 6.96. The Morgan fingerprint density at radius 2 is 1.76 bits per heavy atom. The van der Waals surface area contributed by atoms with Gasteiger partial charge in [-0.05, 0) is 66.3 Å². The van der Waals surface area contributed by atoms with Crippen molar-refractivity contribution < 1.29 is 28.6 Å². The van der Waals surface area contributed by atoms with Crippen LogP contribution in [0.2, 0.25) is 0 Å². The van der Waals surface area contributed by atoms with Gasteiger partial charge in [0.2, 0.25) is 5.91 Å². The molecular weight excluding hydrogens is 487 g/mol. The number of carboxylic acids is 1. The predicted molar refractivity (Wildman–Crippen MR) is 138 cm³/mol. The van der Waals surface area contributed by atoms with Crippen LogP contribution < -0.4 is 20.1 Å². The van der Waals surface area contributed by atoms with Crippen LogP contribution in [-0.2, 0) is 14.4 Å². The third kappa shape index (κ3) is 4.89. The number of nitrogens with one attached hydrogen (secondary N) is 1. The van der Waals surface area contributed by atoms with Gasteiger partial charge in [0.25, 0.3) is 0 Å². The molecule has 0 saturated heterocycles. The Bertz CT molecular complexity index is 1430. The van der Waals surface area contributed by atoms with Crippen LogP contribution in [0, 0.1) is 5.82 Å². The summed E-state index contributed by atoms with van der Waals surface area (Å²) in [6.45, 7) is 0. The molecule has 1 heterocycles. The molecule has 3 aromatic rings. The summed E-state index contributed by atoms with van der Waals surface area (Å²) in [6, 6.07) is 19.8. The minimum Gasteiger partial charge on any atom is -0.550 e. The maximum atomic E-state index is 14.0. The molecule has 7 nitrogen and oxygen atoms in total. The number of ether oxygens (including phenoxy) is 1. The zero-order valence-corrected chi connectivity index (χ0v) is 20.8. The first-order valence-electron chi connectivity index (χ1n) is 12.4. The molecule has 1 aliphatic heterocycles. The highest BCUT2D eigenvalue weighted by molar-refractivity contribution is 6.06. The Morgan fingerprint density at radius 3 is 2.47 bits per heavy atom. The quantitative estimate of drug-likeness (QED) is 0.529. The third-order valence-electron chi connectivity index (χ3n) is 7.05. The number of methoxy groups -OCH3 is 1. The number of para-hydroxylation sites is 2. The smallest absolute Gasteiger partial charge is 0.228 e. The summed E-state index contributed by atoms with van der Waals surface area (Å²) in [5.41, 5.74) is 3.63. The second-order valence-electron chi connectivity index (χ2n) is 9.43. The van der Waals surface area contributed by atoms with Crippen molar-refractivity contribution in [3.05, 3.63) is 101 Å². The van der Waals surface area contributed by atoms with Crippen molar-refractivity contribution in [2.24, 2.45) is 0 Å². The van der Waals surface area contributed by atoms with E-state index < -0.39 is 24.3 Å². The average Bonchev–Trinajstić information content (AvgIpc) is 3.06.